The number of unbranched alkanes of at least 4 members (excludes halogenated alkanes) is 9. The van der Waals surface area contributed by atoms with E-state index < -0.39 is 12.1 Å². The van der Waals surface area contributed by atoms with Crippen molar-refractivity contribution in [2.75, 3.05) is 27.7 Å². The Balaban J connectivity index is 0. The van der Waals surface area contributed by atoms with E-state index in [-0.39, 0.29) is 24.8 Å². The van der Waals surface area contributed by atoms with Gasteiger partial charge in [0, 0.05) is 6.42 Å². The van der Waals surface area contributed by atoms with Crippen LogP contribution in [0.1, 0.15) is 84.0 Å². The third-order valence-corrected chi connectivity index (χ3v) is 4.19. The summed E-state index contributed by atoms with van der Waals surface area (Å²) in [6.07, 6.45) is 11.9. The number of ether oxygens (including phenoxy) is 1. The van der Waals surface area contributed by atoms with Gasteiger partial charge in [0.25, 0.3) is 0 Å². The number of halogens is 1. The Hall–Kier alpha value is -0.810. The summed E-state index contributed by atoms with van der Waals surface area (Å²) < 4.78 is 5.96. The van der Waals surface area contributed by atoms with Crippen LogP contribution < -0.4 is 12.4 Å². The second-order valence-electron chi connectivity index (χ2n) is 8.11. The van der Waals surface area contributed by atoms with E-state index in [1.54, 1.807) is 0 Å². The fourth-order valence-corrected chi connectivity index (χ4v) is 2.95. The van der Waals surface area contributed by atoms with Crippen LogP contribution in [-0.4, -0.2) is 55.3 Å². The number of hydrogen-bond acceptors (Lipinski definition) is 3. The van der Waals surface area contributed by atoms with Crippen molar-refractivity contribution in [2.24, 2.45) is 0 Å². The van der Waals surface area contributed by atoms with Gasteiger partial charge >= 0.3 is 11.9 Å². The van der Waals surface area contributed by atoms with Crippen LogP contribution in [-0.2, 0) is 14.3 Å². The zero-order valence-corrected chi connectivity index (χ0v) is 18.0. The zero-order chi connectivity index (χ0) is 19.1. The number of aliphatic carboxylic acids is 1. The number of likely N-dealkylation sites (N-methyl/N-ethyl adjacent to an activating group) is 1. The van der Waals surface area contributed by atoms with Crippen molar-refractivity contribution in [3.8, 4) is 0 Å². The van der Waals surface area contributed by atoms with E-state index in [9.17, 15) is 9.59 Å². The molecule has 0 fully saturated rings. The Bertz CT molecular complexity index is 369. The van der Waals surface area contributed by atoms with E-state index >= 15 is 0 Å². The maximum Gasteiger partial charge on any atom is 0.307 e. The third-order valence-electron chi connectivity index (χ3n) is 4.19. The van der Waals surface area contributed by atoms with Gasteiger partial charge in [-0.15, -0.1) is 0 Å². The Morgan fingerprint density at radius 2 is 1.35 bits per heavy atom. The number of carboxylic acid groups (broad SMARTS) is 1. The summed E-state index contributed by atoms with van der Waals surface area (Å²) in [5, 5.41) is 8.96. The lowest BCUT2D eigenvalue weighted by molar-refractivity contribution is -0.873. The number of nitrogens with zero attached hydrogens (tertiary/aromatic N) is 1. The first-order chi connectivity index (χ1) is 11.7. The molecule has 6 heteroatoms. The van der Waals surface area contributed by atoms with E-state index in [1.807, 2.05) is 21.1 Å². The first kappa shape index (κ1) is 27.4. The van der Waals surface area contributed by atoms with Crippen LogP contribution in [0.3, 0.4) is 0 Å². The Labute approximate surface area is 166 Å². The molecule has 0 rings (SSSR count). The number of carbonyl (C=O) groups excluding carboxylic acids is 1. The highest BCUT2D eigenvalue weighted by atomic mass is 35.5. The molecule has 0 aromatic carbocycles. The molecule has 26 heavy (non-hydrogen) atoms. The minimum atomic E-state index is -0.926. The van der Waals surface area contributed by atoms with Crippen LogP contribution in [0.15, 0.2) is 0 Å². The van der Waals surface area contributed by atoms with Crippen molar-refractivity contribution in [3.63, 3.8) is 0 Å². The summed E-state index contributed by atoms with van der Waals surface area (Å²) in [5.41, 5.74) is 0. The number of carboxylic acids is 1. The van der Waals surface area contributed by atoms with Crippen molar-refractivity contribution in [2.45, 2.75) is 90.1 Å². The SMILES string of the molecule is CCCCCCCCCCCCC(=O)OC(CC(=O)O)C[N+](C)(C)C.[Cl-]. The lowest BCUT2D eigenvalue weighted by Crippen LogP contribution is -3.00. The molecular formula is C20H40ClNO4. The molecule has 0 aromatic heterocycles. The van der Waals surface area contributed by atoms with Crippen LogP contribution in [0.2, 0.25) is 0 Å². The van der Waals surface area contributed by atoms with E-state index in [4.69, 9.17) is 9.84 Å². The number of esters is 1. The van der Waals surface area contributed by atoms with Gasteiger partial charge in [-0.3, -0.25) is 9.59 Å². The molecule has 1 atom stereocenters. The molecule has 0 aliphatic carbocycles. The second-order valence-corrected chi connectivity index (χ2v) is 8.11. The summed E-state index contributed by atoms with van der Waals surface area (Å²) >= 11 is 0. The van der Waals surface area contributed by atoms with E-state index in [1.165, 1.54) is 51.4 Å². The lowest BCUT2D eigenvalue weighted by atomic mass is 10.1. The fraction of sp³-hybridized carbons (Fsp3) is 0.900. The predicted octanol–water partition coefficient (Wildman–Crippen LogP) is 1.39. The molecule has 1 unspecified atom stereocenters. The average Bonchev–Trinajstić information content (AvgIpc) is 2.46. The molecule has 0 aromatic rings. The standard InChI is InChI=1S/C20H39NO4.ClH/c1-5-6-7-8-9-10-11-12-13-14-15-20(24)25-18(16-19(22)23)17-21(2,3)4;/h18H,5-17H2,1-4H3;1H. The van der Waals surface area contributed by atoms with Crippen LogP contribution in [0.5, 0.6) is 0 Å². The summed E-state index contributed by atoms with van der Waals surface area (Å²) in [5.74, 6) is -1.19. The molecule has 0 aliphatic rings. The summed E-state index contributed by atoms with van der Waals surface area (Å²) in [4.78, 5) is 22.9. The lowest BCUT2D eigenvalue weighted by Gasteiger charge is -2.28. The van der Waals surface area contributed by atoms with Gasteiger partial charge in [0.2, 0.25) is 0 Å². The van der Waals surface area contributed by atoms with Crippen molar-refractivity contribution in [3.05, 3.63) is 0 Å². The van der Waals surface area contributed by atoms with Crippen LogP contribution in [0.4, 0.5) is 0 Å². The number of rotatable bonds is 16. The van der Waals surface area contributed by atoms with E-state index in [0.29, 0.717) is 17.4 Å². The van der Waals surface area contributed by atoms with Gasteiger partial charge in [0.05, 0.1) is 27.6 Å². The largest absolute Gasteiger partial charge is 1.00 e. The highest BCUT2D eigenvalue weighted by molar-refractivity contribution is 5.71. The third kappa shape index (κ3) is 19.5. The molecule has 0 heterocycles. The second kappa shape index (κ2) is 16.4. The highest BCUT2D eigenvalue weighted by Gasteiger charge is 2.24. The van der Waals surface area contributed by atoms with E-state index in [2.05, 4.69) is 6.92 Å². The van der Waals surface area contributed by atoms with Crippen molar-refractivity contribution < 1.29 is 36.3 Å². The molecule has 156 valence electrons. The molecule has 1 N–H and O–H groups in total. The zero-order valence-electron chi connectivity index (χ0n) is 17.3. The molecule has 0 saturated heterocycles. The highest BCUT2D eigenvalue weighted by Crippen LogP contribution is 2.12. The van der Waals surface area contributed by atoms with Gasteiger partial charge < -0.3 is 26.7 Å². The first-order valence-corrected chi connectivity index (χ1v) is 9.96. The van der Waals surface area contributed by atoms with Gasteiger partial charge in [-0.2, -0.15) is 0 Å². The Morgan fingerprint density at radius 1 is 0.885 bits per heavy atom. The van der Waals surface area contributed by atoms with Crippen molar-refractivity contribution in [1.82, 2.24) is 0 Å². The quantitative estimate of drug-likeness (QED) is 0.244. The summed E-state index contributed by atoms with van der Waals surface area (Å²) in [6, 6.07) is 0. The van der Waals surface area contributed by atoms with Gasteiger partial charge in [-0.05, 0) is 6.42 Å². The topological polar surface area (TPSA) is 63.6 Å². The molecular weight excluding hydrogens is 354 g/mol. The Kier molecular flexibility index (Phi) is 17.3. The van der Waals surface area contributed by atoms with Gasteiger partial charge in [-0.1, -0.05) is 64.7 Å². The minimum absolute atomic E-state index is 0. The van der Waals surface area contributed by atoms with Gasteiger partial charge in [-0.25, -0.2) is 0 Å². The van der Waals surface area contributed by atoms with Gasteiger partial charge in [0.1, 0.15) is 6.54 Å². The minimum Gasteiger partial charge on any atom is -1.00 e. The number of quaternary nitrogens is 1. The molecule has 0 bridgehead atoms. The van der Waals surface area contributed by atoms with Crippen LogP contribution in [0, 0.1) is 0 Å². The summed E-state index contributed by atoms with van der Waals surface area (Å²) in [7, 11) is 5.89. The summed E-state index contributed by atoms with van der Waals surface area (Å²) in [6.45, 7) is 2.74. The fourth-order valence-electron chi connectivity index (χ4n) is 2.95. The molecule has 0 radical (unpaired) electrons. The normalized spacial score (nSPS) is 12.3. The molecule has 0 aliphatic heterocycles. The average molecular weight is 394 g/mol. The molecule has 0 amide bonds. The maximum atomic E-state index is 11.9. The number of hydrogen-bond donors (Lipinski definition) is 1. The number of carbonyl (C=O) groups is 2. The van der Waals surface area contributed by atoms with Crippen LogP contribution >= 0.6 is 0 Å². The smallest absolute Gasteiger partial charge is 0.307 e. The van der Waals surface area contributed by atoms with Gasteiger partial charge in [0.15, 0.2) is 6.10 Å². The predicted molar refractivity (Wildman–Crippen MR) is 101 cm³/mol. The van der Waals surface area contributed by atoms with Crippen molar-refractivity contribution >= 4 is 11.9 Å². The Morgan fingerprint density at radius 3 is 1.77 bits per heavy atom. The van der Waals surface area contributed by atoms with Crippen molar-refractivity contribution in [1.29, 1.82) is 0 Å². The first-order valence-electron chi connectivity index (χ1n) is 9.96. The maximum absolute atomic E-state index is 11.9. The van der Waals surface area contributed by atoms with E-state index in [0.717, 1.165) is 12.8 Å². The molecule has 0 saturated carbocycles. The molecule has 0 spiro atoms. The monoisotopic (exact) mass is 393 g/mol. The van der Waals surface area contributed by atoms with Crippen LogP contribution in [0.25, 0.3) is 0 Å². The molecule has 5 nitrogen and oxygen atoms in total.